The van der Waals surface area contributed by atoms with E-state index in [0.29, 0.717) is 16.8 Å². The third-order valence-corrected chi connectivity index (χ3v) is 6.23. The van der Waals surface area contributed by atoms with E-state index >= 15 is 0 Å². The topological polar surface area (TPSA) is 76.2 Å². The van der Waals surface area contributed by atoms with Gasteiger partial charge in [0.25, 0.3) is 5.91 Å². The number of benzene rings is 3. The quantitative estimate of drug-likeness (QED) is 0.433. The highest BCUT2D eigenvalue weighted by atomic mass is 19.1. The van der Waals surface area contributed by atoms with E-state index in [1.807, 2.05) is 31.2 Å². The van der Waals surface area contributed by atoms with Crippen LogP contribution < -0.4 is 9.96 Å². The molecule has 8 heteroatoms. The van der Waals surface area contributed by atoms with Gasteiger partial charge in [-0.15, -0.1) is 0 Å². The summed E-state index contributed by atoms with van der Waals surface area (Å²) in [6.45, 7) is 1.91. The number of halogens is 1. The predicted molar refractivity (Wildman–Crippen MR) is 121 cm³/mol. The molecule has 5 rings (SSSR count). The van der Waals surface area contributed by atoms with E-state index in [-0.39, 0.29) is 0 Å². The van der Waals surface area contributed by atoms with Gasteiger partial charge in [-0.2, -0.15) is 0 Å². The molecule has 0 radical (unpaired) electrons. The van der Waals surface area contributed by atoms with Crippen LogP contribution in [0.4, 0.5) is 15.8 Å². The molecule has 172 valence electrons. The first-order valence-corrected chi connectivity index (χ1v) is 10.7. The van der Waals surface area contributed by atoms with Crippen molar-refractivity contribution in [1.29, 1.82) is 0 Å². The zero-order valence-electron chi connectivity index (χ0n) is 18.5. The van der Waals surface area contributed by atoms with E-state index in [9.17, 15) is 18.8 Å². The molecule has 0 bridgehead atoms. The molecule has 2 aliphatic rings. The average Bonchev–Trinajstić information content (AvgIpc) is 3.35. The summed E-state index contributed by atoms with van der Waals surface area (Å²) in [5, 5.41) is 1.59. The average molecular weight is 460 g/mol. The van der Waals surface area contributed by atoms with Gasteiger partial charge in [0, 0.05) is 0 Å². The monoisotopic (exact) mass is 460 g/mol. The molecule has 0 saturated carbocycles. The van der Waals surface area contributed by atoms with Crippen LogP contribution in [0, 0.1) is 18.7 Å². The highest BCUT2D eigenvalue weighted by Gasteiger charge is 2.60. The molecule has 0 spiro atoms. The van der Waals surface area contributed by atoms with Gasteiger partial charge in [0.05, 0.1) is 30.1 Å². The Morgan fingerprint density at radius 1 is 0.941 bits per heavy atom. The Morgan fingerprint density at radius 3 is 2.26 bits per heavy atom. The number of fused-ring (bicyclic) bond motifs is 1. The zero-order valence-corrected chi connectivity index (χ0v) is 18.5. The molecule has 0 aliphatic carbocycles. The fourth-order valence-corrected chi connectivity index (χ4v) is 4.55. The maximum atomic E-state index is 13.7. The molecule has 34 heavy (non-hydrogen) atoms. The Bertz CT molecular complexity index is 1280. The van der Waals surface area contributed by atoms with Crippen molar-refractivity contribution < 1.29 is 28.3 Å². The molecule has 0 unspecified atom stereocenters. The van der Waals surface area contributed by atoms with Gasteiger partial charge >= 0.3 is 5.97 Å². The molecule has 7 nitrogen and oxygen atoms in total. The smallest absolute Gasteiger partial charge is 0.337 e. The van der Waals surface area contributed by atoms with E-state index in [0.717, 1.165) is 16.2 Å². The summed E-state index contributed by atoms with van der Waals surface area (Å²) < 4.78 is 18.4. The number of rotatable bonds is 4. The summed E-state index contributed by atoms with van der Waals surface area (Å²) in [6.07, 6.45) is -1.04. The first-order chi connectivity index (χ1) is 16.4. The summed E-state index contributed by atoms with van der Waals surface area (Å²) in [6, 6.07) is 18.7. The Kier molecular flexibility index (Phi) is 5.37. The number of para-hydroxylation sites is 1. The predicted octanol–water partition coefficient (Wildman–Crippen LogP) is 3.97. The molecule has 0 N–H and O–H groups in total. The van der Waals surface area contributed by atoms with Crippen molar-refractivity contribution in [3.63, 3.8) is 0 Å². The lowest BCUT2D eigenvalue weighted by Crippen LogP contribution is -2.37. The third kappa shape index (κ3) is 3.43. The Morgan fingerprint density at radius 2 is 1.62 bits per heavy atom. The van der Waals surface area contributed by atoms with Gasteiger partial charge in [0.2, 0.25) is 5.91 Å². The van der Waals surface area contributed by atoms with Crippen LogP contribution in [0.15, 0.2) is 72.8 Å². The maximum absolute atomic E-state index is 13.7. The number of ether oxygens (including phenoxy) is 1. The van der Waals surface area contributed by atoms with Crippen LogP contribution in [0.2, 0.25) is 0 Å². The first kappa shape index (κ1) is 21.8. The van der Waals surface area contributed by atoms with E-state index in [2.05, 4.69) is 0 Å². The van der Waals surface area contributed by atoms with Crippen molar-refractivity contribution in [2.24, 2.45) is 5.92 Å². The lowest BCUT2D eigenvalue weighted by atomic mass is 9.90. The number of anilines is 2. The summed E-state index contributed by atoms with van der Waals surface area (Å²) in [5.74, 6) is -2.67. The fourth-order valence-electron chi connectivity index (χ4n) is 4.55. The van der Waals surface area contributed by atoms with Crippen LogP contribution in [0.25, 0.3) is 0 Å². The molecule has 2 fully saturated rings. The van der Waals surface area contributed by atoms with Gasteiger partial charge in [-0.1, -0.05) is 30.3 Å². The number of nitrogens with zero attached hydrogens (tertiary/aromatic N) is 2. The Labute approximate surface area is 195 Å². The SMILES string of the molecule is COC(=O)c1ccc(N2C(=O)[C@@H]3[C@@H](ON(c4ccccc4C)[C@H]3c3ccc(F)cc3)C2=O)cc1. The van der Waals surface area contributed by atoms with Gasteiger partial charge in [-0.3, -0.25) is 14.4 Å². The summed E-state index contributed by atoms with van der Waals surface area (Å²) in [4.78, 5) is 45.9. The van der Waals surface area contributed by atoms with Gasteiger partial charge in [0.15, 0.2) is 6.10 Å². The van der Waals surface area contributed by atoms with Gasteiger partial charge in [-0.25, -0.2) is 19.1 Å². The van der Waals surface area contributed by atoms with Crippen molar-refractivity contribution in [3.8, 4) is 0 Å². The van der Waals surface area contributed by atoms with Gasteiger partial charge in [-0.05, 0) is 60.5 Å². The summed E-state index contributed by atoms with van der Waals surface area (Å²) >= 11 is 0. The minimum Gasteiger partial charge on any atom is -0.465 e. The van der Waals surface area contributed by atoms with Crippen LogP contribution in [0.1, 0.15) is 27.5 Å². The number of aryl methyl sites for hydroxylation is 1. The van der Waals surface area contributed by atoms with Crippen molar-refractivity contribution >= 4 is 29.2 Å². The van der Waals surface area contributed by atoms with Crippen LogP contribution in [0.3, 0.4) is 0 Å². The van der Waals surface area contributed by atoms with E-state index in [4.69, 9.17) is 9.57 Å². The van der Waals surface area contributed by atoms with Crippen LogP contribution >= 0.6 is 0 Å². The van der Waals surface area contributed by atoms with Gasteiger partial charge in [0.1, 0.15) is 11.7 Å². The lowest BCUT2D eigenvalue weighted by Gasteiger charge is -2.29. The molecule has 3 aromatic rings. The zero-order chi connectivity index (χ0) is 24.0. The van der Waals surface area contributed by atoms with Gasteiger partial charge < -0.3 is 4.74 Å². The maximum Gasteiger partial charge on any atom is 0.337 e. The second-order valence-corrected chi connectivity index (χ2v) is 8.21. The number of carbonyl (C=O) groups is 3. The number of hydrogen-bond donors (Lipinski definition) is 0. The minimum absolute atomic E-state index is 0.303. The normalized spacial score (nSPS) is 21.7. The molecule has 2 saturated heterocycles. The Hall–Kier alpha value is -4.04. The molecule has 0 aromatic heterocycles. The van der Waals surface area contributed by atoms with Crippen molar-refractivity contribution in [2.45, 2.75) is 19.1 Å². The van der Waals surface area contributed by atoms with Crippen LogP contribution in [-0.2, 0) is 19.2 Å². The molecular weight excluding hydrogens is 439 g/mol. The van der Waals surface area contributed by atoms with Crippen molar-refractivity contribution in [1.82, 2.24) is 0 Å². The molecule has 2 heterocycles. The molecule has 3 aromatic carbocycles. The summed E-state index contributed by atoms with van der Waals surface area (Å²) in [7, 11) is 1.28. The number of imide groups is 1. The highest BCUT2D eigenvalue weighted by molar-refractivity contribution is 6.24. The number of hydrogen-bond acceptors (Lipinski definition) is 6. The second-order valence-electron chi connectivity index (χ2n) is 8.21. The number of methoxy groups -OCH3 is 1. The van der Waals surface area contributed by atoms with E-state index < -0.39 is 41.7 Å². The van der Waals surface area contributed by atoms with Crippen LogP contribution in [0.5, 0.6) is 0 Å². The number of carbonyl (C=O) groups excluding carboxylic acids is 3. The third-order valence-electron chi connectivity index (χ3n) is 6.23. The number of esters is 1. The molecular formula is C26H21FN2O5. The van der Waals surface area contributed by atoms with Crippen LogP contribution in [-0.4, -0.2) is 31.0 Å². The number of hydroxylamine groups is 1. The van der Waals surface area contributed by atoms with Crippen molar-refractivity contribution in [2.75, 3.05) is 17.1 Å². The fraction of sp³-hybridized carbons (Fsp3) is 0.192. The second kappa shape index (κ2) is 8.39. The highest BCUT2D eigenvalue weighted by Crippen LogP contribution is 2.48. The molecule has 3 atom stereocenters. The molecule has 2 aliphatic heterocycles. The first-order valence-electron chi connectivity index (χ1n) is 10.7. The van der Waals surface area contributed by atoms with E-state index in [1.165, 1.54) is 43.5 Å². The lowest BCUT2D eigenvalue weighted by molar-refractivity contribution is -0.126. The minimum atomic E-state index is -1.04. The number of amides is 2. The largest absolute Gasteiger partial charge is 0.465 e. The van der Waals surface area contributed by atoms with E-state index in [1.54, 1.807) is 17.2 Å². The molecule has 2 amide bonds. The summed E-state index contributed by atoms with van der Waals surface area (Å²) in [5.41, 5.74) is 2.92. The Balaban J connectivity index is 1.54. The standard InChI is InChI=1S/C26H21FN2O5/c1-15-5-3-4-6-20(15)29-22(16-7-11-18(27)12-8-16)21-23(34-29)25(31)28(24(21)30)19-13-9-17(10-14-19)26(32)33-2/h3-14,21-23H,1-2H3/t21-,22-,23+/m0/s1. The van der Waals surface area contributed by atoms with Crippen molar-refractivity contribution in [3.05, 3.63) is 95.3 Å².